The third kappa shape index (κ3) is 5.22. The van der Waals surface area contributed by atoms with Gasteiger partial charge in [-0.15, -0.1) is 11.3 Å². The molecule has 218 valence electrons. The van der Waals surface area contributed by atoms with Crippen molar-refractivity contribution < 1.29 is 14.6 Å². The number of piperidine rings is 1. The zero-order chi connectivity index (χ0) is 28.8. The molecule has 4 atom stereocenters. The lowest BCUT2D eigenvalue weighted by atomic mass is 9.82. The van der Waals surface area contributed by atoms with Gasteiger partial charge in [-0.1, -0.05) is 30.3 Å². The monoisotopic (exact) mass is 604 g/mol. The van der Waals surface area contributed by atoms with Crippen LogP contribution >= 0.6 is 22.9 Å². The van der Waals surface area contributed by atoms with Crippen molar-refractivity contribution in [2.24, 2.45) is 11.8 Å². The zero-order valence-electron chi connectivity index (χ0n) is 23.0. The highest BCUT2D eigenvalue weighted by Gasteiger charge is 2.46. The highest BCUT2D eigenvalue weighted by atomic mass is 35.5. The number of hydrogen-bond acceptors (Lipinski definition) is 9. The number of anilines is 1. The number of thiazole rings is 1. The number of aromatic nitrogens is 4. The van der Waals surface area contributed by atoms with E-state index in [4.69, 9.17) is 26.7 Å². The third-order valence-electron chi connectivity index (χ3n) is 8.93. The minimum Gasteiger partial charge on any atom is -0.468 e. The molecule has 2 fully saturated rings. The fourth-order valence-corrected chi connectivity index (χ4v) is 7.84. The van der Waals surface area contributed by atoms with Crippen molar-refractivity contribution in [3.8, 4) is 10.6 Å². The quantitative estimate of drug-likeness (QED) is 0.217. The van der Waals surface area contributed by atoms with Gasteiger partial charge >= 0.3 is 0 Å². The van der Waals surface area contributed by atoms with Gasteiger partial charge in [0.05, 0.1) is 36.0 Å². The Morgan fingerprint density at radius 2 is 1.83 bits per heavy atom. The Morgan fingerprint density at radius 1 is 1.02 bits per heavy atom. The highest BCUT2D eigenvalue weighted by molar-refractivity contribution is 7.13. The molecular weight excluding hydrogens is 572 g/mol. The van der Waals surface area contributed by atoms with Crippen molar-refractivity contribution in [3.05, 3.63) is 82.6 Å². The summed E-state index contributed by atoms with van der Waals surface area (Å²) in [6.45, 7) is 2.66. The Hall–Kier alpha value is -3.28. The summed E-state index contributed by atoms with van der Waals surface area (Å²) in [4.78, 5) is 16.1. The number of fused-ring (bicyclic) bond motifs is 1. The van der Waals surface area contributed by atoms with Crippen molar-refractivity contribution >= 4 is 39.8 Å². The highest BCUT2D eigenvalue weighted by Crippen LogP contribution is 2.46. The molecule has 1 aliphatic carbocycles. The van der Waals surface area contributed by atoms with Gasteiger partial charge in [0.1, 0.15) is 28.3 Å². The van der Waals surface area contributed by atoms with E-state index in [1.54, 1.807) is 6.26 Å². The first-order valence-electron chi connectivity index (χ1n) is 14.4. The molecule has 5 heterocycles. The number of nitrogens with two attached hydrogens (primary N) is 1. The number of aliphatic hydroxyl groups excluding tert-OH is 2. The average molecular weight is 605 g/mol. The summed E-state index contributed by atoms with van der Waals surface area (Å²) in [6, 6.07) is 13.8. The molecule has 11 heteroatoms. The van der Waals surface area contributed by atoms with Gasteiger partial charge in [0.15, 0.2) is 0 Å². The normalized spacial score (nSPS) is 23.7. The Balaban J connectivity index is 1.15. The minimum absolute atomic E-state index is 0.0244. The molecule has 2 aliphatic rings. The Bertz CT molecular complexity index is 1660. The van der Waals surface area contributed by atoms with Crippen LogP contribution < -0.4 is 5.73 Å². The van der Waals surface area contributed by atoms with Crippen LogP contribution in [0.2, 0.25) is 5.28 Å². The minimum atomic E-state index is -0.945. The lowest BCUT2D eigenvalue weighted by Crippen LogP contribution is -2.39. The van der Waals surface area contributed by atoms with E-state index in [0.29, 0.717) is 23.4 Å². The number of halogens is 1. The number of aliphatic hydroxyl groups is 2. The maximum absolute atomic E-state index is 11.4. The Kier molecular flexibility index (Phi) is 7.49. The average Bonchev–Trinajstić information content (AvgIpc) is 3.79. The van der Waals surface area contributed by atoms with Crippen molar-refractivity contribution in [2.75, 3.05) is 18.8 Å². The Morgan fingerprint density at radius 3 is 2.60 bits per heavy atom. The van der Waals surface area contributed by atoms with Gasteiger partial charge in [0.25, 0.3) is 0 Å². The number of nitrogens with zero attached hydrogens (tertiary/aromatic N) is 5. The zero-order valence-corrected chi connectivity index (χ0v) is 24.6. The molecule has 0 spiro atoms. The molecule has 7 rings (SSSR count). The maximum atomic E-state index is 11.4. The molecule has 1 aromatic carbocycles. The van der Waals surface area contributed by atoms with Crippen molar-refractivity contribution in [1.29, 1.82) is 0 Å². The fraction of sp³-hybridized carbons (Fsp3) is 0.387. The molecule has 5 aromatic rings. The number of nitrogen functional groups attached to an aromatic ring is 1. The maximum Gasteiger partial charge on any atom is 0.226 e. The number of likely N-dealkylation sites (tertiary alicyclic amines) is 1. The Labute approximate surface area is 252 Å². The van der Waals surface area contributed by atoms with Crippen LogP contribution in [0, 0.1) is 11.8 Å². The summed E-state index contributed by atoms with van der Waals surface area (Å²) in [5.74, 6) is 1.53. The fourth-order valence-electron chi connectivity index (χ4n) is 6.83. The summed E-state index contributed by atoms with van der Waals surface area (Å²) in [6.07, 6.45) is 5.17. The van der Waals surface area contributed by atoms with Gasteiger partial charge in [-0.05, 0) is 73.5 Å². The van der Waals surface area contributed by atoms with Gasteiger partial charge in [0.2, 0.25) is 5.28 Å². The molecule has 0 bridgehead atoms. The summed E-state index contributed by atoms with van der Waals surface area (Å²) < 4.78 is 7.46. The largest absolute Gasteiger partial charge is 0.468 e. The van der Waals surface area contributed by atoms with Crippen LogP contribution in [0.1, 0.15) is 42.3 Å². The van der Waals surface area contributed by atoms with Gasteiger partial charge in [-0.2, -0.15) is 4.98 Å². The predicted molar refractivity (Wildman–Crippen MR) is 163 cm³/mol. The van der Waals surface area contributed by atoms with Crippen LogP contribution in [0.15, 0.2) is 64.7 Å². The van der Waals surface area contributed by atoms with Crippen molar-refractivity contribution in [3.63, 3.8) is 0 Å². The lowest BCUT2D eigenvalue weighted by Gasteiger charge is -2.35. The molecule has 0 radical (unpaired) electrons. The number of benzene rings is 1. The molecule has 1 aliphatic heterocycles. The smallest absolute Gasteiger partial charge is 0.226 e. The second-order valence-corrected chi connectivity index (χ2v) is 12.7. The topological polar surface area (TPSA) is 126 Å². The SMILES string of the molecule is Nc1nc(Cl)nc2c1c(-c1nc(Cc3ccccc3)cs1)cn2[C@@H]1C[C@H](C2CCN(Cc3ccco3)CC2)[C@@H](O)[C@H]1O. The van der Waals surface area contributed by atoms with E-state index >= 15 is 0 Å². The van der Waals surface area contributed by atoms with E-state index in [1.807, 2.05) is 41.1 Å². The third-order valence-corrected chi connectivity index (χ3v) is 10.0. The van der Waals surface area contributed by atoms with E-state index < -0.39 is 12.2 Å². The predicted octanol–water partition coefficient (Wildman–Crippen LogP) is 5.17. The first-order valence-corrected chi connectivity index (χ1v) is 15.6. The van der Waals surface area contributed by atoms with Crippen LogP contribution in [-0.2, 0) is 13.0 Å². The van der Waals surface area contributed by atoms with Gasteiger partial charge < -0.3 is 24.9 Å². The van der Waals surface area contributed by atoms with Gasteiger partial charge in [-0.25, -0.2) is 9.97 Å². The van der Waals surface area contributed by atoms with Crippen LogP contribution in [-0.4, -0.2) is 59.9 Å². The molecule has 42 heavy (non-hydrogen) atoms. The van der Waals surface area contributed by atoms with Crippen LogP contribution in [0.3, 0.4) is 0 Å². The van der Waals surface area contributed by atoms with E-state index in [0.717, 1.165) is 60.9 Å². The number of hydrogen-bond donors (Lipinski definition) is 3. The summed E-state index contributed by atoms with van der Waals surface area (Å²) in [5.41, 5.74) is 9.91. The molecule has 4 aromatic heterocycles. The molecule has 4 N–H and O–H groups in total. The standard InChI is InChI=1S/C31H33ClN6O3S/c32-31-35-28(33)25-23(30-34-20(17-42-30)13-18-5-2-1-3-6-18)16-38(29(25)36-31)24-14-22(26(39)27(24)40)19-8-10-37(11-9-19)15-21-7-4-12-41-21/h1-7,12,16-17,19,22,24,26-27,39-40H,8-11,13-15H2,(H2,33,35,36)/t22-,24-,26-,27+/m1/s1. The molecule has 1 saturated carbocycles. The van der Waals surface area contributed by atoms with Crippen LogP contribution in [0.25, 0.3) is 21.6 Å². The van der Waals surface area contributed by atoms with E-state index in [9.17, 15) is 10.2 Å². The summed E-state index contributed by atoms with van der Waals surface area (Å²) in [7, 11) is 0. The summed E-state index contributed by atoms with van der Waals surface area (Å²) >= 11 is 7.82. The van der Waals surface area contributed by atoms with Crippen molar-refractivity contribution in [2.45, 2.75) is 50.5 Å². The second-order valence-electron chi connectivity index (χ2n) is 11.5. The summed E-state index contributed by atoms with van der Waals surface area (Å²) in [5, 5.41) is 26.2. The molecule has 1 saturated heterocycles. The van der Waals surface area contributed by atoms with Crippen molar-refractivity contribution in [1.82, 2.24) is 24.4 Å². The second kappa shape index (κ2) is 11.4. The first-order chi connectivity index (χ1) is 20.4. The van der Waals surface area contributed by atoms with Crippen LogP contribution in [0.5, 0.6) is 0 Å². The first kappa shape index (κ1) is 27.5. The van der Waals surface area contributed by atoms with Gasteiger partial charge in [0, 0.05) is 23.6 Å². The van der Waals surface area contributed by atoms with Crippen LogP contribution in [0.4, 0.5) is 5.82 Å². The van der Waals surface area contributed by atoms with E-state index in [-0.39, 0.29) is 23.1 Å². The van der Waals surface area contributed by atoms with Gasteiger partial charge in [-0.3, -0.25) is 4.90 Å². The molecule has 0 unspecified atom stereocenters. The lowest BCUT2D eigenvalue weighted by molar-refractivity contribution is -0.0128. The number of rotatable bonds is 7. The molecular formula is C31H33ClN6O3S. The molecule has 9 nitrogen and oxygen atoms in total. The number of furan rings is 1. The molecule has 0 amide bonds. The van der Waals surface area contributed by atoms with E-state index in [2.05, 4.69) is 32.4 Å². The van der Waals surface area contributed by atoms with E-state index in [1.165, 1.54) is 16.9 Å².